The number of rotatable bonds is 8. The molecular weight excluding hydrogens is 507 g/mol. The van der Waals surface area contributed by atoms with Crippen molar-refractivity contribution in [3.8, 4) is 0 Å². The van der Waals surface area contributed by atoms with Gasteiger partial charge in [-0.3, -0.25) is 19.5 Å². The lowest BCUT2D eigenvalue weighted by Crippen LogP contribution is -2.56. The number of hydrogen-bond donors (Lipinski definition) is 3. The number of likely N-dealkylation sites (N-methyl/N-ethyl adjacent to an activating group) is 1. The van der Waals surface area contributed by atoms with Crippen LogP contribution in [0.1, 0.15) is 65.5 Å². The molecule has 2 aromatic carbocycles. The predicted molar refractivity (Wildman–Crippen MR) is 153 cm³/mol. The topological polar surface area (TPSA) is 89.6 Å². The van der Waals surface area contributed by atoms with Crippen molar-refractivity contribution in [3.05, 3.63) is 94.6 Å². The number of carbonyl (C=O) groups excluding carboxylic acids is 2. The molecule has 2 amide bonds. The van der Waals surface area contributed by atoms with Crippen LogP contribution in [0.4, 0.5) is 10.1 Å². The van der Waals surface area contributed by atoms with Crippen LogP contribution in [0.2, 0.25) is 0 Å². The van der Waals surface area contributed by atoms with Gasteiger partial charge >= 0.3 is 0 Å². The first-order valence-electron chi connectivity index (χ1n) is 14.0. The lowest BCUT2D eigenvalue weighted by atomic mass is 9.95. The molecule has 40 heavy (non-hydrogen) atoms. The summed E-state index contributed by atoms with van der Waals surface area (Å²) < 4.78 is 14.6. The van der Waals surface area contributed by atoms with Gasteiger partial charge in [0.1, 0.15) is 5.82 Å². The van der Waals surface area contributed by atoms with E-state index in [0.29, 0.717) is 50.1 Å². The van der Waals surface area contributed by atoms with Crippen LogP contribution in [0, 0.1) is 12.7 Å². The zero-order chi connectivity index (χ0) is 28.2. The Kier molecular flexibility index (Phi) is 8.42. The Bertz CT molecular complexity index is 1380. The summed E-state index contributed by atoms with van der Waals surface area (Å²) in [5.41, 5.74) is 11.5. The fourth-order valence-corrected chi connectivity index (χ4v) is 5.77. The second-order valence-electron chi connectivity index (χ2n) is 10.5. The van der Waals surface area contributed by atoms with E-state index in [0.717, 1.165) is 22.5 Å². The lowest BCUT2D eigenvalue weighted by Gasteiger charge is -2.41. The Hall–Kier alpha value is -3.82. The maximum absolute atomic E-state index is 14.6. The first-order chi connectivity index (χ1) is 19.4. The van der Waals surface area contributed by atoms with Gasteiger partial charge in [0, 0.05) is 60.8 Å². The molecule has 3 heterocycles. The van der Waals surface area contributed by atoms with Crippen molar-refractivity contribution in [2.75, 3.05) is 25.1 Å². The van der Waals surface area contributed by atoms with Gasteiger partial charge in [0.2, 0.25) is 5.91 Å². The van der Waals surface area contributed by atoms with E-state index in [1.165, 1.54) is 6.07 Å². The Balaban J connectivity index is 1.32. The van der Waals surface area contributed by atoms with Crippen LogP contribution in [0.25, 0.3) is 0 Å². The van der Waals surface area contributed by atoms with E-state index in [4.69, 9.17) is 0 Å². The number of hydrogen-bond acceptors (Lipinski definition) is 6. The van der Waals surface area contributed by atoms with Gasteiger partial charge in [-0.25, -0.2) is 9.82 Å². The Morgan fingerprint density at radius 3 is 2.65 bits per heavy atom. The molecule has 3 atom stereocenters. The van der Waals surface area contributed by atoms with E-state index in [9.17, 15) is 14.0 Å². The van der Waals surface area contributed by atoms with Crippen molar-refractivity contribution in [1.82, 2.24) is 25.5 Å². The van der Waals surface area contributed by atoms with Crippen LogP contribution in [-0.4, -0.2) is 58.3 Å². The molecule has 1 saturated heterocycles. The van der Waals surface area contributed by atoms with Crippen LogP contribution in [0.15, 0.2) is 60.8 Å². The summed E-state index contributed by atoms with van der Waals surface area (Å²) in [5, 5.41) is 3.19. The monoisotopic (exact) mass is 544 g/mol. The molecule has 3 N–H and O–H groups in total. The third-order valence-corrected chi connectivity index (χ3v) is 7.94. The molecule has 2 aliphatic heterocycles. The Morgan fingerprint density at radius 1 is 1.10 bits per heavy atom. The minimum Gasteiger partial charge on any atom is -0.348 e. The number of aryl methyl sites for hydroxylation is 1. The van der Waals surface area contributed by atoms with Crippen LogP contribution in [-0.2, 0) is 11.3 Å². The second-order valence-corrected chi connectivity index (χ2v) is 10.5. The van der Waals surface area contributed by atoms with Crippen LogP contribution in [0.3, 0.4) is 0 Å². The number of anilines is 1. The fraction of sp³-hybridized carbons (Fsp3) is 0.387. The molecular formula is C31H37FN6O2. The van der Waals surface area contributed by atoms with Gasteiger partial charge in [-0.15, -0.1) is 0 Å². The van der Waals surface area contributed by atoms with Crippen LogP contribution >= 0.6 is 0 Å². The average molecular weight is 545 g/mol. The van der Waals surface area contributed by atoms with Gasteiger partial charge < -0.3 is 15.6 Å². The molecule has 1 unspecified atom stereocenters. The minimum absolute atomic E-state index is 0.0575. The highest BCUT2D eigenvalue weighted by atomic mass is 19.1. The number of likely N-dealkylation sites (tertiary alicyclic amines) is 1. The highest BCUT2D eigenvalue weighted by Crippen LogP contribution is 2.34. The Morgan fingerprint density at radius 2 is 1.90 bits per heavy atom. The number of aromatic nitrogens is 1. The molecule has 5 rings (SSSR count). The smallest absolute Gasteiger partial charge is 0.251 e. The number of benzene rings is 2. The molecule has 1 aromatic heterocycles. The maximum Gasteiger partial charge on any atom is 0.251 e. The third kappa shape index (κ3) is 5.85. The van der Waals surface area contributed by atoms with Crippen molar-refractivity contribution in [3.63, 3.8) is 0 Å². The minimum atomic E-state index is -0.352. The van der Waals surface area contributed by atoms with Gasteiger partial charge in [-0.05, 0) is 75.6 Å². The molecule has 0 bridgehead atoms. The molecule has 210 valence electrons. The number of nitrogens with one attached hydrogen (secondary N) is 3. The molecule has 0 saturated carbocycles. The SMILES string of the molecule is CCN(CC)C(=O)[C@@H]1CC[C@@H](NC(=O)c2ccc3c(c2)C(c2ccnc(C)c2)NN3)CN1Cc1ccccc1F. The van der Waals surface area contributed by atoms with Crippen molar-refractivity contribution in [2.45, 2.75) is 58.3 Å². The third-order valence-electron chi connectivity index (χ3n) is 7.94. The molecule has 8 nitrogen and oxygen atoms in total. The van der Waals surface area contributed by atoms with E-state index >= 15 is 0 Å². The first kappa shape index (κ1) is 27.7. The van der Waals surface area contributed by atoms with E-state index in [1.807, 2.05) is 60.9 Å². The number of carbonyl (C=O) groups is 2. The normalized spacial score (nSPS) is 20.4. The van der Waals surface area contributed by atoms with Crippen molar-refractivity contribution in [1.29, 1.82) is 0 Å². The summed E-state index contributed by atoms with van der Waals surface area (Å²) in [6, 6.07) is 15.7. The van der Waals surface area contributed by atoms with E-state index < -0.39 is 0 Å². The number of piperidine rings is 1. The number of hydrazine groups is 1. The molecule has 0 aliphatic carbocycles. The molecule has 3 aromatic rings. The van der Waals surface area contributed by atoms with Gasteiger partial charge in [0.05, 0.1) is 17.8 Å². The first-order valence-corrected chi connectivity index (χ1v) is 14.0. The molecule has 0 radical (unpaired) electrons. The van der Waals surface area contributed by atoms with E-state index in [2.05, 4.69) is 21.2 Å². The van der Waals surface area contributed by atoms with Crippen LogP contribution in [0.5, 0.6) is 0 Å². The quantitative estimate of drug-likeness (QED) is 0.394. The van der Waals surface area contributed by atoms with E-state index in [-0.39, 0.29) is 35.8 Å². The number of nitrogens with zero attached hydrogens (tertiary/aromatic N) is 3. The van der Waals surface area contributed by atoms with Crippen molar-refractivity contribution in [2.24, 2.45) is 0 Å². The summed E-state index contributed by atoms with van der Waals surface area (Å²) >= 11 is 0. The largest absolute Gasteiger partial charge is 0.348 e. The van der Waals surface area contributed by atoms with Gasteiger partial charge in [-0.1, -0.05) is 18.2 Å². The molecule has 1 fully saturated rings. The maximum atomic E-state index is 14.6. The summed E-state index contributed by atoms with van der Waals surface area (Å²) in [4.78, 5) is 34.9. The lowest BCUT2D eigenvalue weighted by molar-refractivity contribution is -0.138. The zero-order valence-electron chi connectivity index (χ0n) is 23.3. The number of pyridine rings is 1. The fourth-order valence-electron chi connectivity index (χ4n) is 5.77. The second kappa shape index (κ2) is 12.1. The Labute approximate surface area is 234 Å². The summed E-state index contributed by atoms with van der Waals surface area (Å²) in [6.07, 6.45) is 3.05. The molecule has 2 aliphatic rings. The highest BCUT2D eigenvalue weighted by Gasteiger charge is 2.36. The van der Waals surface area contributed by atoms with Crippen molar-refractivity contribution < 1.29 is 14.0 Å². The highest BCUT2D eigenvalue weighted by molar-refractivity contribution is 5.95. The van der Waals surface area contributed by atoms with Gasteiger partial charge in [-0.2, -0.15) is 0 Å². The molecule has 9 heteroatoms. The average Bonchev–Trinajstić information content (AvgIpc) is 3.38. The summed E-state index contributed by atoms with van der Waals surface area (Å²) in [6.45, 7) is 7.91. The summed E-state index contributed by atoms with van der Waals surface area (Å²) in [7, 11) is 0. The van der Waals surface area contributed by atoms with Gasteiger partial charge in [0.25, 0.3) is 5.91 Å². The van der Waals surface area contributed by atoms with Crippen molar-refractivity contribution >= 4 is 17.5 Å². The number of fused-ring (bicyclic) bond motifs is 1. The standard InChI is InChI=1S/C31H37FN6O2/c1-4-37(5-2)31(40)28-13-11-24(19-38(28)18-23-8-6-7-9-26(23)32)34-30(39)22-10-12-27-25(17-22)29(36-35-27)21-14-15-33-20(3)16-21/h6-10,12,14-17,24,28-29,35-36H,4-5,11,13,18-19H2,1-3H3,(H,34,39)/t24-,28+,29?/m1/s1. The number of amides is 2. The molecule has 0 spiro atoms. The van der Waals surface area contributed by atoms with Gasteiger partial charge in [0.15, 0.2) is 0 Å². The van der Waals surface area contributed by atoms with Crippen LogP contribution < -0.4 is 16.2 Å². The number of halogens is 1. The van der Waals surface area contributed by atoms with E-state index in [1.54, 1.807) is 24.4 Å². The predicted octanol–water partition coefficient (Wildman–Crippen LogP) is 4.18. The zero-order valence-corrected chi connectivity index (χ0v) is 23.3. The summed E-state index contributed by atoms with van der Waals surface area (Å²) in [5.74, 6) is -0.396.